The number of sulfone groups is 1. The highest BCUT2D eigenvalue weighted by Gasteiger charge is 2.35. The molecule has 1 aliphatic heterocycles. The van der Waals surface area contributed by atoms with E-state index in [0.717, 1.165) is 19.3 Å². The first-order valence-corrected chi connectivity index (χ1v) is 8.61. The van der Waals surface area contributed by atoms with Crippen molar-refractivity contribution in [2.75, 3.05) is 5.75 Å². The molecular weight excluding hydrogens is 260 g/mol. The summed E-state index contributed by atoms with van der Waals surface area (Å²) < 4.78 is 23.9. The zero-order valence-electron chi connectivity index (χ0n) is 11.3. The summed E-state index contributed by atoms with van der Waals surface area (Å²) >= 11 is 0. The quantitative estimate of drug-likeness (QED) is 0.797. The van der Waals surface area contributed by atoms with E-state index in [0.29, 0.717) is 18.4 Å². The van der Waals surface area contributed by atoms with Crippen LogP contribution in [0.2, 0.25) is 0 Å². The molecule has 1 aromatic rings. The molecule has 1 saturated heterocycles. The predicted molar refractivity (Wildman–Crippen MR) is 76.2 cm³/mol. The second-order valence-electron chi connectivity index (χ2n) is 5.16. The minimum atomic E-state index is -3.24. The van der Waals surface area contributed by atoms with Crippen LogP contribution in [0, 0.1) is 0 Å². The van der Waals surface area contributed by atoms with Gasteiger partial charge in [0.15, 0.2) is 15.6 Å². The molecule has 19 heavy (non-hydrogen) atoms. The molecule has 0 amide bonds. The maximum atomic E-state index is 12.3. The average Bonchev–Trinajstić information content (AvgIpc) is 2.39. The molecule has 0 aliphatic carbocycles. The van der Waals surface area contributed by atoms with Gasteiger partial charge in [0.2, 0.25) is 0 Å². The lowest BCUT2D eigenvalue weighted by Gasteiger charge is -2.21. The Labute approximate surface area is 114 Å². The minimum absolute atomic E-state index is 0.150. The Balaban J connectivity index is 2.19. The molecule has 0 aromatic heterocycles. The number of carbonyl (C=O) groups excluding carboxylic acids is 1. The van der Waals surface area contributed by atoms with Crippen LogP contribution in [0.15, 0.2) is 24.3 Å². The second-order valence-corrected chi connectivity index (χ2v) is 7.47. The fraction of sp³-hybridized carbons (Fsp3) is 0.533. The largest absolute Gasteiger partial charge is 0.293 e. The van der Waals surface area contributed by atoms with Crippen molar-refractivity contribution in [2.24, 2.45) is 0 Å². The lowest BCUT2D eigenvalue weighted by Crippen LogP contribution is -2.35. The third-order valence-electron chi connectivity index (χ3n) is 3.65. The van der Waals surface area contributed by atoms with Crippen molar-refractivity contribution >= 4 is 15.6 Å². The van der Waals surface area contributed by atoms with E-state index >= 15 is 0 Å². The summed E-state index contributed by atoms with van der Waals surface area (Å²) in [5.74, 6) is -0.0834. The summed E-state index contributed by atoms with van der Waals surface area (Å²) in [6.07, 6.45) is 4.02. The molecule has 0 saturated carbocycles. The fourth-order valence-electron chi connectivity index (χ4n) is 2.56. The first kappa shape index (κ1) is 14.3. The number of benzene rings is 1. The third kappa shape index (κ3) is 3.24. The number of rotatable bonds is 4. The smallest absolute Gasteiger partial charge is 0.180 e. The normalized spacial score (nSPS) is 22.1. The van der Waals surface area contributed by atoms with Gasteiger partial charge < -0.3 is 0 Å². The van der Waals surface area contributed by atoms with Crippen molar-refractivity contribution in [3.63, 3.8) is 0 Å². The summed E-state index contributed by atoms with van der Waals surface area (Å²) in [5.41, 5.74) is 1.71. The van der Waals surface area contributed by atoms with Crippen molar-refractivity contribution in [1.82, 2.24) is 0 Å². The van der Waals surface area contributed by atoms with Crippen molar-refractivity contribution in [3.8, 4) is 0 Å². The SMILES string of the molecule is CCCc1ccc(C(=O)C2CCCCS2(=O)=O)cc1. The molecule has 4 heteroatoms. The van der Waals surface area contributed by atoms with Gasteiger partial charge in [-0.05, 0) is 24.8 Å². The molecule has 1 atom stereocenters. The number of hydrogen-bond acceptors (Lipinski definition) is 3. The third-order valence-corrected chi connectivity index (χ3v) is 5.82. The monoisotopic (exact) mass is 280 g/mol. The standard InChI is InChI=1S/C15H20O3S/c1-2-5-12-7-9-13(10-8-12)15(16)14-6-3-4-11-19(14,17)18/h7-10,14H,2-6,11H2,1H3. The molecule has 1 unspecified atom stereocenters. The minimum Gasteiger partial charge on any atom is -0.293 e. The van der Waals surface area contributed by atoms with Crippen LogP contribution in [0.1, 0.15) is 48.5 Å². The highest BCUT2D eigenvalue weighted by atomic mass is 32.2. The van der Waals surface area contributed by atoms with Crippen molar-refractivity contribution < 1.29 is 13.2 Å². The van der Waals surface area contributed by atoms with Crippen LogP contribution in [-0.4, -0.2) is 25.2 Å². The first-order valence-electron chi connectivity index (χ1n) is 6.89. The highest BCUT2D eigenvalue weighted by Crippen LogP contribution is 2.23. The number of carbonyl (C=O) groups is 1. The summed E-state index contributed by atoms with van der Waals surface area (Å²) in [4.78, 5) is 12.3. The molecule has 0 radical (unpaired) electrons. The van der Waals surface area contributed by atoms with Crippen LogP contribution in [0.3, 0.4) is 0 Å². The van der Waals surface area contributed by atoms with E-state index in [1.54, 1.807) is 12.1 Å². The molecular formula is C15H20O3S. The maximum absolute atomic E-state index is 12.3. The molecule has 1 aliphatic rings. The van der Waals surface area contributed by atoms with Gasteiger partial charge in [-0.1, -0.05) is 44.0 Å². The van der Waals surface area contributed by atoms with E-state index in [-0.39, 0.29) is 11.5 Å². The summed E-state index contributed by atoms with van der Waals surface area (Å²) in [6.45, 7) is 2.10. The number of aryl methyl sites for hydroxylation is 1. The van der Waals surface area contributed by atoms with Gasteiger partial charge in [-0.3, -0.25) is 4.79 Å². The summed E-state index contributed by atoms with van der Waals surface area (Å²) in [6, 6.07) is 7.37. The average molecular weight is 280 g/mol. The Morgan fingerprint density at radius 3 is 2.47 bits per heavy atom. The van der Waals surface area contributed by atoms with Gasteiger partial charge in [-0.15, -0.1) is 0 Å². The fourth-order valence-corrected chi connectivity index (χ4v) is 4.44. The first-order chi connectivity index (χ1) is 9.04. The zero-order valence-corrected chi connectivity index (χ0v) is 12.1. The van der Waals surface area contributed by atoms with Crippen LogP contribution in [0.4, 0.5) is 0 Å². The lowest BCUT2D eigenvalue weighted by atomic mass is 10.0. The number of hydrogen-bond donors (Lipinski definition) is 0. The van der Waals surface area contributed by atoms with Gasteiger partial charge in [0.25, 0.3) is 0 Å². The van der Waals surface area contributed by atoms with Crippen LogP contribution < -0.4 is 0 Å². The highest BCUT2D eigenvalue weighted by molar-refractivity contribution is 7.92. The Hall–Kier alpha value is -1.16. The Bertz CT molecular complexity index is 543. The van der Waals surface area contributed by atoms with Crippen molar-refractivity contribution in [1.29, 1.82) is 0 Å². The van der Waals surface area contributed by atoms with Gasteiger partial charge in [-0.25, -0.2) is 8.42 Å². The van der Waals surface area contributed by atoms with Crippen LogP contribution >= 0.6 is 0 Å². The lowest BCUT2D eigenvalue weighted by molar-refractivity contribution is 0.0981. The van der Waals surface area contributed by atoms with E-state index in [2.05, 4.69) is 6.92 Å². The van der Waals surface area contributed by atoms with E-state index in [9.17, 15) is 13.2 Å². The Morgan fingerprint density at radius 1 is 1.21 bits per heavy atom. The molecule has 1 heterocycles. The van der Waals surface area contributed by atoms with Crippen molar-refractivity contribution in [2.45, 2.75) is 44.3 Å². The molecule has 3 nitrogen and oxygen atoms in total. The Morgan fingerprint density at radius 2 is 1.89 bits per heavy atom. The van der Waals surface area contributed by atoms with Gasteiger partial charge in [0, 0.05) is 5.56 Å². The Kier molecular flexibility index (Phi) is 4.40. The molecule has 1 fully saturated rings. The molecule has 104 valence electrons. The van der Waals surface area contributed by atoms with Gasteiger partial charge in [-0.2, -0.15) is 0 Å². The maximum Gasteiger partial charge on any atom is 0.180 e. The van der Waals surface area contributed by atoms with E-state index in [1.165, 1.54) is 5.56 Å². The van der Waals surface area contributed by atoms with Crippen LogP contribution in [0.5, 0.6) is 0 Å². The summed E-state index contributed by atoms with van der Waals surface area (Å²) in [5, 5.41) is -0.821. The molecule has 2 rings (SSSR count). The van der Waals surface area contributed by atoms with Gasteiger partial charge >= 0.3 is 0 Å². The zero-order chi connectivity index (χ0) is 13.9. The number of ketones is 1. The topological polar surface area (TPSA) is 51.2 Å². The second kappa shape index (κ2) is 5.87. The van der Waals surface area contributed by atoms with Gasteiger partial charge in [0.05, 0.1) is 5.75 Å². The molecule has 0 bridgehead atoms. The van der Waals surface area contributed by atoms with Gasteiger partial charge in [0.1, 0.15) is 5.25 Å². The van der Waals surface area contributed by atoms with Crippen molar-refractivity contribution in [3.05, 3.63) is 35.4 Å². The molecule has 0 N–H and O–H groups in total. The van der Waals surface area contributed by atoms with E-state index in [1.807, 2.05) is 12.1 Å². The predicted octanol–water partition coefficient (Wildman–Crippen LogP) is 2.79. The van der Waals surface area contributed by atoms with Crippen LogP contribution in [-0.2, 0) is 16.3 Å². The molecule has 0 spiro atoms. The van der Waals surface area contributed by atoms with Crippen LogP contribution in [0.25, 0.3) is 0 Å². The number of Topliss-reactive ketones (excluding diaryl/α,β-unsaturated/α-hetero) is 1. The van der Waals surface area contributed by atoms with E-state index < -0.39 is 15.1 Å². The van der Waals surface area contributed by atoms with E-state index in [4.69, 9.17) is 0 Å². The summed E-state index contributed by atoms with van der Waals surface area (Å²) in [7, 11) is -3.24. The molecule has 1 aromatic carbocycles.